The summed E-state index contributed by atoms with van der Waals surface area (Å²) in [5.74, 6) is 0. The molecule has 0 aromatic carbocycles. The highest BCUT2D eigenvalue weighted by molar-refractivity contribution is 5.18. The molecule has 0 radical (unpaired) electrons. The first kappa shape index (κ1) is 13.8. The van der Waals surface area contributed by atoms with Gasteiger partial charge in [-0.3, -0.25) is 0 Å². The Bertz CT molecular complexity index is 136. The summed E-state index contributed by atoms with van der Waals surface area (Å²) in [4.78, 5) is 0. The molecule has 0 aliphatic heterocycles. The van der Waals surface area contributed by atoms with E-state index in [1.165, 1.54) is 18.4 Å². The maximum Gasteiger partial charge on any atom is -0.0398 e. The molecule has 0 saturated carbocycles. The van der Waals surface area contributed by atoms with E-state index >= 15 is 0 Å². The average Bonchev–Trinajstić information content (AvgIpc) is 2.14. The zero-order valence-corrected chi connectivity index (χ0v) is 8.93. The van der Waals surface area contributed by atoms with Crippen LogP contribution < -0.4 is 0 Å². The van der Waals surface area contributed by atoms with Gasteiger partial charge in [-0.25, -0.2) is 0 Å². The Hall–Kier alpha value is -0.780. The van der Waals surface area contributed by atoms with Crippen molar-refractivity contribution in [3.8, 4) is 0 Å². The van der Waals surface area contributed by atoms with Gasteiger partial charge in [0.25, 0.3) is 0 Å². The Morgan fingerprint density at radius 3 is 2.00 bits per heavy atom. The smallest absolute Gasteiger partial charge is 0.0398 e. The molecule has 0 nitrogen and oxygen atoms in total. The molecule has 0 aliphatic rings. The van der Waals surface area contributed by atoms with Crippen LogP contribution in [0, 0.1) is 0 Å². The lowest BCUT2D eigenvalue weighted by Crippen LogP contribution is -1.60. The van der Waals surface area contributed by atoms with E-state index in [4.69, 9.17) is 0 Å². The van der Waals surface area contributed by atoms with E-state index < -0.39 is 0 Å². The maximum absolute atomic E-state index is 3.61. The number of hydrogen-bond acceptors (Lipinski definition) is 0. The highest BCUT2D eigenvalue weighted by Crippen LogP contribution is 1.91. The van der Waals surface area contributed by atoms with Crippen molar-refractivity contribution in [1.29, 1.82) is 0 Å². The van der Waals surface area contributed by atoms with Crippen LogP contribution in [0.3, 0.4) is 0 Å². The summed E-state index contributed by atoms with van der Waals surface area (Å²) < 4.78 is 0. The number of hydrogen-bond donors (Lipinski definition) is 0. The zero-order valence-electron chi connectivity index (χ0n) is 8.93. The molecular weight excluding hydrogens is 144 g/mol. The quantitative estimate of drug-likeness (QED) is 0.541. The topological polar surface area (TPSA) is 0 Å². The second-order valence-corrected chi connectivity index (χ2v) is 2.64. The molecule has 0 rings (SSSR count). The molecule has 12 heavy (non-hydrogen) atoms. The van der Waals surface area contributed by atoms with E-state index in [1.54, 1.807) is 0 Å². The van der Waals surface area contributed by atoms with Crippen LogP contribution in [0.4, 0.5) is 0 Å². The summed E-state index contributed by atoms with van der Waals surface area (Å²) >= 11 is 0. The summed E-state index contributed by atoms with van der Waals surface area (Å²) in [7, 11) is 0. The van der Waals surface area contributed by atoms with Crippen LogP contribution in [0.15, 0.2) is 36.5 Å². The van der Waals surface area contributed by atoms with E-state index in [9.17, 15) is 0 Å². The highest BCUT2D eigenvalue weighted by Gasteiger charge is 1.70. The van der Waals surface area contributed by atoms with Gasteiger partial charge in [-0.05, 0) is 13.8 Å². The monoisotopic (exact) mass is 166 g/mol. The van der Waals surface area contributed by atoms with Crippen LogP contribution in [0.1, 0.15) is 40.5 Å². The molecule has 0 unspecified atom stereocenters. The third-order valence-corrected chi connectivity index (χ3v) is 1.37. The summed E-state index contributed by atoms with van der Waals surface area (Å²) in [6, 6.07) is 0. The van der Waals surface area contributed by atoms with Crippen molar-refractivity contribution in [2.75, 3.05) is 0 Å². The predicted octanol–water partition coefficient (Wildman–Crippen LogP) is 4.50. The molecule has 0 spiro atoms. The Morgan fingerprint density at radius 2 is 1.75 bits per heavy atom. The van der Waals surface area contributed by atoms with Gasteiger partial charge in [0.05, 0.1) is 0 Å². The predicted molar refractivity (Wildman–Crippen MR) is 59.4 cm³/mol. The van der Waals surface area contributed by atoms with E-state index in [2.05, 4.69) is 20.4 Å². The van der Waals surface area contributed by atoms with Crippen molar-refractivity contribution in [1.82, 2.24) is 0 Å². The second kappa shape index (κ2) is 12.9. The third kappa shape index (κ3) is 16.1. The fraction of sp³-hybridized carbons (Fsp3) is 0.500. The van der Waals surface area contributed by atoms with Gasteiger partial charge < -0.3 is 0 Å². The Kier molecular flexibility index (Phi) is 14.8. The summed E-state index contributed by atoms with van der Waals surface area (Å²) in [5.41, 5.74) is 1.20. The van der Waals surface area contributed by atoms with Gasteiger partial charge in [0.2, 0.25) is 0 Å². The molecule has 0 heteroatoms. The fourth-order valence-corrected chi connectivity index (χ4v) is 0.316. The highest BCUT2D eigenvalue weighted by atomic mass is 13.8. The van der Waals surface area contributed by atoms with Gasteiger partial charge in [-0.15, -0.1) is 0 Å². The molecule has 0 N–H and O–H groups in total. The van der Waals surface area contributed by atoms with E-state index in [1.807, 2.05) is 38.2 Å². The lowest BCUT2D eigenvalue weighted by Gasteiger charge is -1.81. The SMILES string of the molecule is C=C/C(C)=C\C=C/C.CCCC. The minimum atomic E-state index is 1.20. The standard InChI is InChI=1S/C8H12.C4H10/c1-4-6-7-8(3)5-2;1-3-4-2/h4-7H,2H2,1,3H3;3-4H2,1-2H3/b6-4-,8-7-;. The average molecular weight is 166 g/mol. The van der Waals surface area contributed by atoms with Gasteiger partial charge in [0.1, 0.15) is 0 Å². The van der Waals surface area contributed by atoms with Crippen LogP contribution >= 0.6 is 0 Å². The van der Waals surface area contributed by atoms with Crippen LogP contribution in [-0.2, 0) is 0 Å². The zero-order chi connectivity index (χ0) is 9.82. The van der Waals surface area contributed by atoms with Crippen LogP contribution in [0.5, 0.6) is 0 Å². The van der Waals surface area contributed by atoms with Gasteiger partial charge in [0.15, 0.2) is 0 Å². The molecule has 0 aromatic heterocycles. The van der Waals surface area contributed by atoms with Crippen molar-refractivity contribution < 1.29 is 0 Å². The van der Waals surface area contributed by atoms with Crippen LogP contribution in [0.25, 0.3) is 0 Å². The minimum absolute atomic E-state index is 1.20. The van der Waals surface area contributed by atoms with Crippen LogP contribution in [-0.4, -0.2) is 0 Å². The number of rotatable bonds is 3. The van der Waals surface area contributed by atoms with Gasteiger partial charge in [-0.1, -0.05) is 63.1 Å². The van der Waals surface area contributed by atoms with Gasteiger partial charge in [0, 0.05) is 0 Å². The number of unbranched alkanes of at least 4 members (excludes halogenated alkanes) is 1. The second-order valence-electron chi connectivity index (χ2n) is 2.64. The number of allylic oxidation sites excluding steroid dienone is 5. The van der Waals surface area contributed by atoms with Crippen molar-refractivity contribution >= 4 is 0 Å². The van der Waals surface area contributed by atoms with E-state index in [-0.39, 0.29) is 0 Å². The molecule has 0 bridgehead atoms. The maximum atomic E-state index is 3.61. The third-order valence-electron chi connectivity index (χ3n) is 1.37. The first-order valence-electron chi connectivity index (χ1n) is 4.64. The van der Waals surface area contributed by atoms with Crippen LogP contribution in [0.2, 0.25) is 0 Å². The molecule has 0 amide bonds. The molecule has 0 saturated heterocycles. The minimum Gasteiger partial charge on any atom is -0.0988 e. The van der Waals surface area contributed by atoms with Gasteiger partial charge in [-0.2, -0.15) is 0 Å². The molecule has 0 fully saturated rings. The Balaban J connectivity index is 0. The lowest BCUT2D eigenvalue weighted by molar-refractivity contribution is 0.886. The van der Waals surface area contributed by atoms with Crippen molar-refractivity contribution in [3.05, 3.63) is 36.5 Å². The largest absolute Gasteiger partial charge is 0.0988 e. The van der Waals surface area contributed by atoms with E-state index in [0.29, 0.717) is 0 Å². The molecule has 0 aliphatic carbocycles. The fourth-order valence-electron chi connectivity index (χ4n) is 0.316. The van der Waals surface area contributed by atoms with E-state index in [0.717, 1.165) is 0 Å². The van der Waals surface area contributed by atoms with Crippen molar-refractivity contribution in [3.63, 3.8) is 0 Å². The summed E-state index contributed by atoms with van der Waals surface area (Å²) in [6.45, 7) is 12.0. The van der Waals surface area contributed by atoms with Crippen molar-refractivity contribution in [2.24, 2.45) is 0 Å². The lowest BCUT2D eigenvalue weighted by atomic mass is 10.3. The first-order valence-corrected chi connectivity index (χ1v) is 4.64. The summed E-state index contributed by atoms with van der Waals surface area (Å²) in [5, 5.41) is 0. The first-order chi connectivity index (χ1) is 5.72. The molecular formula is C12H22. The molecule has 0 atom stereocenters. The Labute approximate surface area is 77.7 Å². The summed E-state index contributed by atoms with van der Waals surface area (Å²) in [6.07, 6.45) is 10.5. The van der Waals surface area contributed by atoms with Gasteiger partial charge >= 0.3 is 0 Å². The Morgan fingerprint density at radius 1 is 1.25 bits per heavy atom. The normalized spacial score (nSPS) is 10.8. The molecule has 0 heterocycles. The van der Waals surface area contributed by atoms with Crippen molar-refractivity contribution in [2.45, 2.75) is 40.5 Å². The molecule has 70 valence electrons. The molecule has 0 aromatic rings.